The van der Waals surface area contributed by atoms with Gasteiger partial charge >= 0.3 is 0 Å². The Morgan fingerprint density at radius 3 is 0.903 bits per heavy atom. The van der Waals surface area contributed by atoms with Crippen molar-refractivity contribution in [1.82, 2.24) is 0 Å². The molecule has 5 aliphatic carbocycles. The van der Waals surface area contributed by atoms with Crippen molar-refractivity contribution >= 4 is 82.7 Å². The van der Waals surface area contributed by atoms with Gasteiger partial charge in [-0.1, -0.05) is 464 Å². The second-order valence-electron chi connectivity index (χ2n) is 39.9. The summed E-state index contributed by atoms with van der Waals surface area (Å²) in [6.45, 7) is 9.41. The van der Waals surface area contributed by atoms with Gasteiger partial charge in [-0.05, 0) is 265 Å². The Kier molecular flexibility index (Phi) is 21.5. The summed E-state index contributed by atoms with van der Waals surface area (Å²) < 4.78 is 2.61. The number of benzene rings is 22. The van der Waals surface area contributed by atoms with Crippen molar-refractivity contribution in [2.45, 2.75) is 54.8 Å². The molecule has 0 atom stereocenters. The molecule has 3 nitrogen and oxygen atoms in total. The number of rotatable bonds is 16. The van der Waals surface area contributed by atoms with Crippen LogP contribution < -0.4 is 14.7 Å². The first kappa shape index (κ1) is 87.7. The molecule has 0 unspecified atom stereocenters. The van der Waals surface area contributed by atoms with E-state index in [4.69, 9.17) is 0 Å². The van der Waals surface area contributed by atoms with E-state index in [0.717, 1.165) is 39.8 Å². The molecular weight excluding hydrogens is 1770 g/mol. The third-order valence-electron chi connectivity index (χ3n) is 31.6. The normalized spacial score (nSPS) is 13.9. The van der Waals surface area contributed by atoms with E-state index < -0.39 is 16.2 Å². The highest BCUT2D eigenvalue weighted by molar-refractivity contribution is 7.26. The van der Waals surface area contributed by atoms with Crippen molar-refractivity contribution in [2.75, 3.05) is 14.7 Å². The van der Waals surface area contributed by atoms with E-state index in [0.29, 0.717) is 0 Å². The van der Waals surface area contributed by atoms with Crippen LogP contribution in [0.15, 0.2) is 552 Å². The maximum absolute atomic E-state index is 2.46. The number of hydrogen-bond donors (Lipinski definition) is 0. The smallest absolute Gasteiger partial charge is 0.0714 e. The van der Waals surface area contributed by atoms with Crippen molar-refractivity contribution in [3.8, 4) is 66.8 Å². The van der Waals surface area contributed by atoms with Crippen LogP contribution in [-0.2, 0) is 27.1 Å². The fourth-order valence-corrected chi connectivity index (χ4v) is 26.5. The van der Waals surface area contributed by atoms with Crippen LogP contribution in [0.3, 0.4) is 0 Å². The van der Waals surface area contributed by atoms with Crippen LogP contribution in [-0.4, -0.2) is 0 Å². The highest BCUT2D eigenvalue weighted by Crippen LogP contribution is 2.63. The van der Waals surface area contributed by atoms with Crippen molar-refractivity contribution < 1.29 is 0 Å². The summed E-state index contributed by atoms with van der Waals surface area (Å²) in [7, 11) is 0. The minimum absolute atomic E-state index is 0.0333. The van der Waals surface area contributed by atoms with Crippen LogP contribution in [0.25, 0.3) is 86.9 Å². The molecule has 0 saturated carbocycles. The molecule has 0 bridgehead atoms. The summed E-state index contributed by atoms with van der Waals surface area (Å²) in [6.07, 6.45) is 0. The summed E-state index contributed by atoms with van der Waals surface area (Å²) in [5.41, 5.74) is 45.6. The van der Waals surface area contributed by atoms with Gasteiger partial charge in [0, 0.05) is 76.4 Å². The van der Waals surface area contributed by atoms with E-state index in [-0.39, 0.29) is 10.8 Å². The van der Waals surface area contributed by atoms with Gasteiger partial charge in [0.15, 0.2) is 0 Å². The quantitative estimate of drug-likeness (QED) is 0.0955. The van der Waals surface area contributed by atoms with Crippen LogP contribution >= 0.6 is 11.3 Å². The minimum atomic E-state index is -0.461. The zero-order valence-electron chi connectivity index (χ0n) is 81.3. The van der Waals surface area contributed by atoms with Crippen LogP contribution in [0.5, 0.6) is 0 Å². The van der Waals surface area contributed by atoms with Crippen molar-refractivity contribution in [3.63, 3.8) is 0 Å². The zero-order chi connectivity index (χ0) is 97.0. The van der Waals surface area contributed by atoms with E-state index in [1.807, 2.05) is 11.3 Å². The molecule has 0 N–H and O–H groups in total. The third kappa shape index (κ3) is 14.0. The lowest BCUT2D eigenvalue weighted by Gasteiger charge is -2.35. The molecule has 28 rings (SSSR count). The molecule has 1 heterocycles. The van der Waals surface area contributed by atoms with Gasteiger partial charge in [0.1, 0.15) is 0 Å². The molecule has 23 aromatic rings. The van der Waals surface area contributed by atoms with E-state index >= 15 is 0 Å². The summed E-state index contributed by atoms with van der Waals surface area (Å²) >= 11 is 1.86. The SMILES string of the molecule is CC1(C)c2ccccc2-c2c(N(c3ccccc3)c3cccc(C4(c5ccccc5)c5ccccc5-c5ccccc54)c3)cccc21.CC1(C)c2ccccc2-c2ccc(-c3ccc(N(c4ccccc4)c4cccc(C5(c6ccccc6)c6ccccc6-c6ccccc65)c4)cc3)cc21.c1ccc(N(c2ccc(C3(c4ccccc4)c4ccccc4-c4ccccc43)cc2)c2cccc3sc4ccccc4c23)cc1. The van der Waals surface area contributed by atoms with Gasteiger partial charge in [-0.25, -0.2) is 0 Å². The van der Waals surface area contributed by atoms with Crippen molar-refractivity contribution in [1.29, 1.82) is 0 Å². The summed E-state index contributed by atoms with van der Waals surface area (Å²) in [6, 6.07) is 203. The summed E-state index contributed by atoms with van der Waals surface area (Å²) in [5.74, 6) is 0. The van der Waals surface area contributed by atoms with E-state index in [9.17, 15) is 0 Å². The Bertz CT molecular complexity index is 8730. The summed E-state index contributed by atoms with van der Waals surface area (Å²) in [5, 5.41) is 2.60. The molecule has 0 fully saturated rings. The van der Waals surface area contributed by atoms with Crippen LogP contribution in [0, 0.1) is 0 Å². The molecule has 0 amide bonds. The maximum Gasteiger partial charge on any atom is 0.0714 e. The predicted octanol–water partition coefficient (Wildman–Crippen LogP) is 37.2. The number of thiophene rings is 1. The van der Waals surface area contributed by atoms with Crippen LogP contribution in [0.2, 0.25) is 0 Å². The molecule has 0 radical (unpaired) electrons. The van der Waals surface area contributed by atoms with E-state index in [2.05, 4.69) is 594 Å². The Hall–Kier alpha value is -17.5. The highest BCUT2D eigenvalue weighted by atomic mass is 32.1. The topological polar surface area (TPSA) is 9.72 Å². The molecule has 0 spiro atoms. The average molecular weight is 1870 g/mol. The van der Waals surface area contributed by atoms with Gasteiger partial charge in [0.25, 0.3) is 0 Å². The molecule has 22 aromatic carbocycles. The number of nitrogens with zero attached hydrogens (tertiary/aromatic N) is 3. The lowest BCUT2D eigenvalue weighted by Crippen LogP contribution is -2.28. The number of fused-ring (bicyclic) bond motifs is 18. The maximum atomic E-state index is 2.46. The molecule has 5 aliphatic rings. The third-order valence-corrected chi connectivity index (χ3v) is 32.8. The van der Waals surface area contributed by atoms with Gasteiger partial charge < -0.3 is 14.7 Å². The van der Waals surface area contributed by atoms with Gasteiger partial charge in [-0.2, -0.15) is 0 Å². The van der Waals surface area contributed by atoms with Crippen molar-refractivity contribution in [2.24, 2.45) is 0 Å². The average Bonchev–Trinajstić information content (AvgIpc) is 1.55. The first-order chi connectivity index (χ1) is 71.5. The number of hydrogen-bond acceptors (Lipinski definition) is 4. The largest absolute Gasteiger partial charge is 0.310 e. The number of para-hydroxylation sites is 3. The first-order valence-corrected chi connectivity index (χ1v) is 51.4. The second kappa shape index (κ2) is 35.6. The summed E-state index contributed by atoms with van der Waals surface area (Å²) in [4.78, 5) is 7.27. The zero-order valence-corrected chi connectivity index (χ0v) is 82.1. The molecule has 688 valence electrons. The van der Waals surface area contributed by atoms with Gasteiger partial charge in [0.05, 0.1) is 27.6 Å². The lowest BCUT2D eigenvalue weighted by molar-refractivity contribution is 0.660. The Balaban J connectivity index is 0.000000111. The van der Waals surface area contributed by atoms with Gasteiger partial charge in [-0.15, -0.1) is 11.3 Å². The molecule has 4 heteroatoms. The van der Waals surface area contributed by atoms with E-state index in [1.165, 1.54) is 187 Å². The molecule has 1 aromatic heterocycles. The molecule has 0 aliphatic heterocycles. The Morgan fingerprint density at radius 1 is 0.166 bits per heavy atom. The molecular formula is C141H103N3S. The fourth-order valence-electron chi connectivity index (χ4n) is 25.3. The van der Waals surface area contributed by atoms with Gasteiger partial charge in [-0.3, -0.25) is 0 Å². The molecule has 145 heavy (non-hydrogen) atoms. The minimum Gasteiger partial charge on any atom is -0.310 e. The Morgan fingerprint density at radius 2 is 0.441 bits per heavy atom. The second-order valence-corrected chi connectivity index (χ2v) is 41.0. The Labute approximate surface area is 853 Å². The molecule has 0 saturated heterocycles. The number of anilines is 9. The van der Waals surface area contributed by atoms with Crippen LogP contribution in [0.1, 0.15) is 117 Å². The highest BCUT2D eigenvalue weighted by Gasteiger charge is 2.50. The fraction of sp³-hybridized carbons (Fsp3) is 0.0638. The van der Waals surface area contributed by atoms with Crippen LogP contribution in [0.4, 0.5) is 51.2 Å². The lowest BCUT2D eigenvalue weighted by atomic mass is 9.67. The monoisotopic (exact) mass is 1870 g/mol. The van der Waals surface area contributed by atoms with Gasteiger partial charge in [0.2, 0.25) is 0 Å². The van der Waals surface area contributed by atoms with Crippen molar-refractivity contribution in [3.05, 3.63) is 641 Å². The first-order valence-electron chi connectivity index (χ1n) is 50.6. The van der Waals surface area contributed by atoms with E-state index in [1.54, 1.807) is 0 Å². The standard InChI is InChI=1S/C52H39N.C46H35N.C43H29NS/c1-51(2)47-25-12-9-22-43(47)46-33-30-37(34-50(46)51)36-28-31-41(32-29-36)53(40-19-7-4-8-20-40)42-21-15-18-39(35-42)52(38-16-5-3-6-17-38)48-26-13-10-23-44(48)45-24-11-14-27-49(45)52;1-45(2)39-26-12-11-25-38(39)44-42(45)29-16-30-43(44)47(34-20-7-4-8-21-34)35-22-15-19-33(31-35)46(32-17-5-3-6-18-32)40-27-13-9-23-36(40)37-24-10-14-28-41(37)46;1-3-14-30(15-4-1)43(37-21-10-7-18-34(37)35-19-8-11-22-38(35)43)31-26-28-33(29-27-31)44(32-16-5-2-6-17-32)39-23-13-25-41-42(39)36-20-9-12-24-40(36)45-41/h3-35H,1-2H3;3-31H,1-2H3;1-29H. The predicted molar refractivity (Wildman–Crippen MR) is 609 cm³/mol.